The number of pyridine rings is 1. The van der Waals surface area contributed by atoms with Crippen LogP contribution in [0, 0.1) is 12.7 Å². The molecule has 0 aliphatic carbocycles. The molecule has 14 heteroatoms. The van der Waals surface area contributed by atoms with E-state index in [1.807, 2.05) is 19.1 Å². The van der Waals surface area contributed by atoms with Crippen molar-refractivity contribution in [1.29, 1.82) is 0 Å². The fraction of sp³-hybridized carbons (Fsp3) is 0.214. The third-order valence-corrected chi connectivity index (χ3v) is 6.92. The van der Waals surface area contributed by atoms with Gasteiger partial charge in [-0.25, -0.2) is 29.1 Å². The Kier molecular flexibility index (Phi) is 8.64. The van der Waals surface area contributed by atoms with E-state index in [0.717, 1.165) is 11.1 Å². The summed E-state index contributed by atoms with van der Waals surface area (Å²) in [6.45, 7) is 1.62. The minimum Gasteiger partial charge on any atom is -0.487 e. The summed E-state index contributed by atoms with van der Waals surface area (Å²) < 4.78 is 31.3. The van der Waals surface area contributed by atoms with E-state index in [1.54, 1.807) is 6.07 Å². The van der Waals surface area contributed by atoms with Crippen LogP contribution in [0.5, 0.6) is 11.6 Å². The fourth-order valence-corrected chi connectivity index (χ4v) is 4.96. The van der Waals surface area contributed by atoms with E-state index in [1.165, 1.54) is 49.0 Å². The first kappa shape index (κ1) is 28.6. The van der Waals surface area contributed by atoms with Crippen molar-refractivity contribution in [1.82, 2.24) is 25.3 Å². The number of rotatable bonds is 10. The molecule has 0 unspecified atom stereocenters. The SMILES string of the molecule is COc1cnc2c(-c3nc4cc(F)c(OCCOC(=O)Nc5ccc(C(=O)NCCO)nc5)cc4s3)cc(C)cc2n1. The summed E-state index contributed by atoms with van der Waals surface area (Å²) in [5.74, 6) is -0.647. The van der Waals surface area contributed by atoms with Crippen LogP contribution in [0.1, 0.15) is 16.1 Å². The Bertz CT molecular complexity index is 1760. The third kappa shape index (κ3) is 6.50. The number of anilines is 1. The van der Waals surface area contributed by atoms with E-state index >= 15 is 0 Å². The Morgan fingerprint density at radius 2 is 1.90 bits per heavy atom. The second-order valence-corrected chi connectivity index (χ2v) is 9.91. The molecular weight excluding hydrogens is 567 g/mol. The number of fused-ring (bicyclic) bond motifs is 2. The van der Waals surface area contributed by atoms with Crippen molar-refractivity contribution in [2.45, 2.75) is 6.92 Å². The minimum absolute atomic E-state index is 0.000370. The number of thiazole rings is 1. The molecule has 0 radical (unpaired) electrons. The molecule has 2 aromatic carbocycles. The zero-order valence-electron chi connectivity index (χ0n) is 22.5. The number of carbonyl (C=O) groups excluding carboxylic acids is 2. The predicted molar refractivity (Wildman–Crippen MR) is 154 cm³/mol. The number of halogens is 1. The maximum atomic E-state index is 14.8. The molecule has 0 bridgehead atoms. The molecule has 0 saturated heterocycles. The van der Waals surface area contributed by atoms with E-state index < -0.39 is 17.8 Å². The zero-order valence-corrected chi connectivity index (χ0v) is 23.3. The molecule has 0 fully saturated rings. The smallest absolute Gasteiger partial charge is 0.411 e. The van der Waals surface area contributed by atoms with Crippen molar-refractivity contribution < 1.29 is 33.3 Å². The van der Waals surface area contributed by atoms with Crippen LogP contribution in [-0.2, 0) is 4.74 Å². The largest absolute Gasteiger partial charge is 0.487 e. The highest BCUT2D eigenvalue weighted by atomic mass is 32.1. The normalized spacial score (nSPS) is 11.0. The molecule has 42 heavy (non-hydrogen) atoms. The topological polar surface area (TPSA) is 158 Å². The number of amides is 2. The molecule has 3 heterocycles. The standard InChI is InChI=1S/C28H25FN6O6S/c1-15-9-17(25-21(10-15)34-24(39-2)14-32-25)27-35-20-11-18(29)22(12-23(20)42-27)40-7-8-41-28(38)33-16-3-4-19(31-13-16)26(37)30-5-6-36/h3-4,9-14,36H,5-8H2,1-2H3,(H,30,37)(H,33,38). The van der Waals surface area contributed by atoms with E-state index in [9.17, 15) is 14.0 Å². The highest BCUT2D eigenvalue weighted by Crippen LogP contribution is 2.37. The molecule has 0 saturated carbocycles. The lowest BCUT2D eigenvalue weighted by atomic mass is 10.1. The zero-order chi connectivity index (χ0) is 29.6. The Balaban J connectivity index is 1.20. The number of carbonyl (C=O) groups is 2. The molecule has 216 valence electrons. The van der Waals surface area contributed by atoms with Gasteiger partial charge >= 0.3 is 6.09 Å². The molecule has 0 aliphatic rings. The maximum Gasteiger partial charge on any atom is 0.411 e. The Labute approximate surface area is 242 Å². The maximum absolute atomic E-state index is 14.8. The molecule has 12 nitrogen and oxygen atoms in total. The molecule has 3 aromatic heterocycles. The second kappa shape index (κ2) is 12.7. The van der Waals surface area contributed by atoms with Gasteiger partial charge in [-0.3, -0.25) is 10.1 Å². The lowest BCUT2D eigenvalue weighted by Gasteiger charge is -2.09. The molecule has 5 aromatic rings. The first-order valence-electron chi connectivity index (χ1n) is 12.7. The second-order valence-electron chi connectivity index (χ2n) is 8.88. The van der Waals surface area contributed by atoms with Gasteiger partial charge in [-0.15, -0.1) is 11.3 Å². The van der Waals surface area contributed by atoms with Crippen molar-refractivity contribution in [3.05, 3.63) is 65.9 Å². The summed E-state index contributed by atoms with van der Waals surface area (Å²) >= 11 is 1.36. The van der Waals surface area contributed by atoms with E-state index in [-0.39, 0.29) is 37.8 Å². The molecule has 0 atom stereocenters. The van der Waals surface area contributed by atoms with Gasteiger partial charge in [0.15, 0.2) is 11.6 Å². The van der Waals surface area contributed by atoms with Crippen LogP contribution >= 0.6 is 11.3 Å². The quantitative estimate of drug-likeness (QED) is 0.202. The average molecular weight is 593 g/mol. The van der Waals surface area contributed by atoms with Crippen molar-refractivity contribution in [3.63, 3.8) is 0 Å². The van der Waals surface area contributed by atoms with Crippen molar-refractivity contribution in [2.75, 3.05) is 38.8 Å². The summed E-state index contributed by atoms with van der Waals surface area (Å²) in [6.07, 6.45) is 2.06. The van der Waals surface area contributed by atoms with Gasteiger partial charge in [0.05, 0.1) is 53.0 Å². The van der Waals surface area contributed by atoms with Crippen LogP contribution in [0.15, 0.2) is 48.8 Å². The van der Waals surface area contributed by atoms with Gasteiger partial charge in [-0.1, -0.05) is 0 Å². The summed E-state index contributed by atoms with van der Waals surface area (Å²) in [6, 6.07) is 9.62. The molecule has 3 N–H and O–H groups in total. The van der Waals surface area contributed by atoms with Crippen LogP contribution in [0.4, 0.5) is 14.9 Å². The number of methoxy groups -OCH3 is 1. The summed E-state index contributed by atoms with van der Waals surface area (Å²) in [4.78, 5) is 41.4. The lowest BCUT2D eigenvalue weighted by Crippen LogP contribution is -2.27. The van der Waals surface area contributed by atoms with Gasteiger partial charge in [0, 0.05) is 24.2 Å². The summed E-state index contributed by atoms with van der Waals surface area (Å²) in [5, 5.41) is 14.4. The van der Waals surface area contributed by atoms with Crippen molar-refractivity contribution >= 4 is 50.3 Å². The summed E-state index contributed by atoms with van der Waals surface area (Å²) in [5.41, 5.74) is 3.97. The van der Waals surface area contributed by atoms with Crippen LogP contribution in [-0.4, -0.2) is 70.5 Å². The monoisotopic (exact) mass is 592 g/mol. The Morgan fingerprint density at radius 3 is 2.67 bits per heavy atom. The highest BCUT2D eigenvalue weighted by molar-refractivity contribution is 7.21. The van der Waals surface area contributed by atoms with Crippen LogP contribution < -0.4 is 20.1 Å². The van der Waals surface area contributed by atoms with Gasteiger partial charge in [-0.05, 0) is 36.8 Å². The number of nitrogens with one attached hydrogen (secondary N) is 2. The Hall–Kier alpha value is -4.95. The number of aliphatic hydroxyl groups excluding tert-OH is 1. The number of aromatic nitrogens is 4. The van der Waals surface area contributed by atoms with Gasteiger partial charge in [0.1, 0.15) is 23.9 Å². The number of nitrogens with zero attached hydrogens (tertiary/aromatic N) is 4. The lowest BCUT2D eigenvalue weighted by molar-refractivity contribution is 0.0940. The fourth-order valence-electron chi connectivity index (χ4n) is 3.97. The van der Waals surface area contributed by atoms with Gasteiger partial charge in [0.25, 0.3) is 5.91 Å². The van der Waals surface area contributed by atoms with Crippen molar-refractivity contribution in [3.8, 4) is 22.2 Å². The van der Waals surface area contributed by atoms with E-state index in [4.69, 9.17) is 19.3 Å². The number of benzene rings is 2. The first-order valence-corrected chi connectivity index (χ1v) is 13.5. The first-order chi connectivity index (χ1) is 20.3. The van der Waals surface area contributed by atoms with Crippen LogP contribution in [0.2, 0.25) is 0 Å². The van der Waals surface area contributed by atoms with Gasteiger partial charge in [-0.2, -0.15) is 0 Å². The Morgan fingerprint density at radius 1 is 1.05 bits per heavy atom. The number of aliphatic hydroxyl groups is 1. The van der Waals surface area contributed by atoms with Crippen LogP contribution in [0.3, 0.4) is 0 Å². The third-order valence-electron chi connectivity index (χ3n) is 5.86. The predicted octanol–water partition coefficient (Wildman–Crippen LogP) is 4.11. The molecule has 2 amide bonds. The summed E-state index contributed by atoms with van der Waals surface area (Å²) in [7, 11) is 1.53. The van der Waals surface area contributed by atoms with Crippen molar-refractivity contribution in [2.24, 2.45) is 0 Å². The number of ether oxygens (including phenoxy) is 3. The number of aryl methyl sites for hydroxylation is 1. The number of hydrogen-bond acceptors (Lipinski definition) is 11. The van der Waals surface area contributed by atoms with E-state index in [0.29, 0.717) is 37.8 Å². The number of hydrogen-bond donors (Lipinski definition) is 3. The van der Waals surface area contributed by atoms with E-state index in [2.05, 4.69) is 30.6 Å². The van der Waals surface area contributed by atoms with Gasteiger partial charge < -0.3 is 24.6 Å². The molecule has 0 spiro atoms. The molecule has 0 aliphatic heterocycles. The average Bonchev–Trinajstić information content (AvgIpc) is 3.40. The minimum atomic E-state index is -0.771. The molecule has 5 rings (SSSR count). The molecular formula is C28H25FN6O6S. The highest BCUT2D eigenvalue weighted by Gasteiger charge is 2.16. The van der Waals surface area contributed by atoms with Crippen LogP contribution in [0.25, 0.3) is 31.8 Å². The van der Waals surface area contributed by atoms with Gasteiger partial charge in [0.2, 0.25) is 5.88 Å².